The summed E-state index contributed by atoms with van der Waals surface area (Å²) in [6.07, 6.45) is 0. The Labute approximate surface area is 207 Å². The molecule has 0 saturated heterocycles. The maximum Gasteiger partial charge on any atom is 0.258 e. The second-order valence-electron chi connectivity index (χ2n) is 7.84. The van der Waals surface area contributed by atoms with Crippen LogP contribution in [0.15, 0.2) is 82.3 Å². The summed E-state index contributed by atoms with van der Waals surface area (Å²) in [5.41, 5.74) is 3.83. The Morgan fingerprint density at radius 2 is 1.88 bits per heavy atom. The molecule has 0 radical (unpaired) electrons. The lowest BCUT2D eigenvalue weighted by Gasteiger charge is -2.37. The molecule has 5 rings (SSSR count). The van der Waals surface area contributed by atoms with Gasteiger partial charge in [-0.05, 0) is 55.2 Å². The third kappa shape index (κ3) is 4.47. The van der Waals surface area contributed by atoms with Crippen LogP contribution in [-0.2, 0) is 6.54 Å². The molecule has 2 aromatic heterocycles. The lowest BCUT2D eigenvalue weighted by molar-refractivity contribution is 0.340. The van der Waals surface area contributed by atoms with Crippen molar-refractivity contribution in [2.24, 2.45) is 0 Å². The minimum Gasteiger partial charge on any atom is -0.494 e. The summed E-state index contributed by atoms with van der Waals surface area (Å²) in [6.45, 7) is 5.33. The Bertz CT molecular complexity index is 1300. The quantitative estimate of drug-likeness (QED) is 0.317. The molecule has 0 spiro atoms. The van der Waals surface area contributed by atoms with Crippen LogP contribution >= 0.6 is 23.6 Å². The highest BCUT2D eigenvalue weighted by Crippen LogP contribution is 2.38. The zero-order valence-corrected chi connectivity index (χ0v) is 20.5. The predicted molar refractivity (Wildman–Crippen MR) is 138 cm³/mol. The first-order valence-electron chi connectivity index (χ1n) is 11.1. The van der Waals surface area contributed by atoms with Crippen molar-refractivity contribution < 1.29 is 9.26 Å². The molecule has 34 heavy (non-hydrogen) atoms. The zero-order chi connectivity index (χ0) is 23.5. The minimum absolute atomic E-state index is 0.230. The average Bonchev–Trinajstić information content (AvgIpc) is 3.55. The Hall–Kier alpha value is -3.49. The molecular weight excluding hydrogens is 464 g/mol. The molecule has 2 aromatic carbocycles. The van der Waals surface area contributed by atoms with Crippen LogP contribution in [0.5, 0.6) is 5.75 Å². The van der Waals surface area contributed by atoms with Gasteiger partial charge in [-0.1, -0.05) is 53.7 Å². The number of nitrogens with one attached hydrogen (secondary N) is 1. The number of thiocarbonyl (C=S) groups is 1. The Kier molecular flexibility index (Phi) is 6.42. The highest BCUT2D eigenvalue weighted by atomic mass is 32.1. The molecule has 1 atom stereocenters. The third-order valence-electron chi connectivity index (χ3n) is 5.70. The van der Waals surface area contributed by atoms with E-state index in [0.717, 1.165) is 28.1 Å². The molecule has 0 fully saturated rings. The fraction of sp³-hybridized carbons (Fsp3) is 0.192. The van der Waals surface area contributed by atoms with Crippen LogP contribution in [0.4, 0.5) is 0 Å². The monoisotopic (exact) mass is 488 g/mol. The van der Waals surface area contributed by atoms with Gasteiger partial charge in [0.25, 0.3) is 5.89 Å². The number of allylic oxidation sites excluding steroid dienone is 1. The fourth-order valence-corrected chi connectivity index (χ4v) is 5.03. The first-order valence-corrected chi connectivity index (χ1v) is 12.4. The van der Waals surface area contributed by atoms with Crippen LogP contribution in [0.1, 0.15) is 36.2 Å². The van der Waals surface area contributed by atoms with Gasteiger partial charge < -0.3 is 19.5 Å². The van der Waals surface area contributed by atoms with Crippen LogP contribution in [-0.4, -0.2) is 26.8 Å². The minimum atomic E-state index is -0.230. The van der Waals surface area contributed by atoms with Gasteiger partial charge in [0, 0.05) is 16.1 Å². The van der Waals surface area contributed by atoms with E-state index in [1.54, 1.807) is 11.3 Å². The van der Waals surface area contributed by atoms with Gasteiger partial charge in [0.05, 0.1) is 24.8 Å². The molecule has 4 aromatic rings. The average molecular weight is 489 g/mol. The van der Waals surface area contributed by atoms with Crippen molar-refractivity contribution in [1.29, 1.82) is 0 Å². The van der Waals surface area contributed by atoms with Gasteiger partial charge in [-0.2, -0.15) is 4.98 Å². The van der Waals surface area contributed by atoms with Gasteiger partial charge in [-0.15, -0.1) is 11.3 Å². The first-order chi connectivity index (χ1) is 16.6. The second kappa shape index (κ2) is 9.79. The largest absolute Gasteiger partial charge is 0.494 e. The van der Waals surface area contributed by atoms with Crippen LogP contribution in [0, 0.1) is 0 Å². The van der Waals surface area contributed by atoms with E-state index >= 15 is 0 Å². The maximum atomic E-state index is 5.81. The maximum absolute atomic E-state index is 5.81. The second-order valence-corrected chi connectivity index (χ2v) is 9.26. The van der Waals surface area contributed by atoms with E-state index in [1.807, 2.05) is 67.6 Å². The molecule has 0 saturated carbocycles. The summed E-state index contributed by atoms with van der Waals surface area (Å²) >= 11 is 7.51. The summed E-state index contributed by atoms with van der Waals surface area (Å²) < 4.78 is 11.4. The van der Waals surface area contributed by atoms with Crippen molar-refractivity contribution in [1.82, 2.24) is 20.4 Å². The summed E-state index contributed by atoms with van der Waals surface area (Å²) in [5.74, 6) is 1.86. The van der Waals surface area contributed by atoms with E-state index in [9.17, 15) is 0 Å². The van der Waals surface area contributed by atoms with Crippen molar-refractivity contribution in [3.63, 3.8) is 0 Å². The topological polar surface area (TPSA) is 63.4 Å². The van der Waals surface area contributed by atoms with Crippen LogP contribution in [0.2, 0.25) is 0 Å². The highest BCUT2D eigenvalue weighted by Gasteiger charge is 2.34. The number of hydrogen-bond acceptors (Lipinski definition) is 6. The molecule has 8 heteroatoms. The molecular formula is C26H24N4O2S2. The van der Waals surface area contributed by atoms with Crippen molar-refractivity contribution in [2.75, 3.05) is 6.61 Å². The summed E-state index contributed by atoms with van der Waals surface area (Å²) in [6, 6.07) is 21.8. The predicted octanol–water partition coefficient (Wildman–Crippen LogP) is 6.06. The number of thiophene rings is 1. The number of hydrogen-bond donors (Lipinski definition) is 1. The van der Waals surface area contributed by atoms with Crippen LogP contribution in [0.3, 0.4) is 0 Å². The zero-order valence-electron chi connectivity index (χ0n) is 18.9. The van der Waals surface area contributed by atoms with E-state index in [4.69, 9.17) is 26.5 Å². The smallest absolute Gasteiger partial charge is 0.258 e. The van der Waals surface area contributed by atoms with Gasteiger partial charge >= 0.3 is 0 Å². The standard InChI is InChI=1S/C26H24N4O2S2/c1-3-31-20-13-11-18(12-14-20)23-22(25-28-24(29-32-25)19-8-5-4-6-9-19)17(2)30(26(33)27-23)16-21-10-7-15-34-21/h4-15,23H,3,16H2,1-2H3,(H,27,33). The van der Waals surface area contributed by atoms with Gasteiger partial charge in [0.1, 0.15) is 5.75 Å². The lowest BCUT2D eigenvalue weighted by Crippen LogP contribution is -2.45. The van der Waals surface area contributed by atoms with Gasteiger partial charge in [-0.25, -0.2) is 0 Å². The number of nitrogens with zero attached hydrogens (tertiary/aromatic N) is 3. The number of benzene rings is 2. The number of rotatable bonds is 7. The molecule has 1 aliphatic heterocycles. The van der Waals surface area contributed by atoms with Crippen molar-refractivity contribution >= 4 is 34.2 Å². The summed E-state index contributed by atoms with van der Waals surface area (Å²) in [5, 5.41) is 10.5. The summed E-state index contributed by atoms with van der Waals surface area (Å²) in [4.78, 5) is 8.08. The van der Waals surface area contributed by atoms with Gasteiger partial charge in [0.2, 0.25) is 5.82 Å². The van der Waals surface area contributed by atoms with Crippen molar-refractivity contribution in [3.8, 4) is 17.1 Å². The first kappa shape index (κ1) is 22.3. The molecule has 0 aliphatic carbocycles. The Morgan fingerprint density at radius 1 is 1.09 bits per heavy atom. The highest BCUT2D eigenvalue weighted by molar-refractivity contribution is 7.80. The molecule has 0 bridgehead atoms. The SMILES string of the molecule is CCOc1ccc(C2NC(=S)N(Cc3cccs3)C(C)=C2c2nc(-c3ccccc3)no2)cc1. The van der Waals surface area contributed by atoms with E-state index in [0.29, 0.717) is 30.0 Å². The van der Waals surface area contributed by atoms with Crippen molar-refractivity contribution in [3.05, 3.63) is 94.1 Å². The fourth-order valence-electron chi connectivity index (χ4n) is 4.02. The molecule has 172 valence electrons. The number of aromatic nitrogens is 2. The Morgan fingerprint density at radius 3 is 2.59 bits per heavy atom. The molecule has 0 amide bonds. The summed E-state index contributed by atoms with van der Waals surface area (Å²) in [7, 11) is 0. The van der Waals surface area contributed by atoms with Crippen LogP contribution < -0.4 is 10.1 Å². The molecule has 1 aliphatic rings. The Balaban J connectivity index is 1.57. The molecule has 1 N–H and O–H groups in total. The van der Waals surface area contributed by atoms with Gasteiger partial charge in [-0.3, -0.25) is 0 Å². The van der Waals surface area contributed by atoms with E-state index in [1.165, 1.54) is 4.88 Å². The molecule has 6 nitrogen and oxygen atoms in total. The molecule has 3 heterocycles. The lowest BCUT2D eigenvalue weighted by atomic mass is 9.94. The number of ether oxygens (including phenoxy) is 1. The van der Waals surface area contributed by atoms with Crippen molar-refractivity contribution in [2.45, 2.75) is 26.4 Å². The van der Waals surface area contributed by atoms with E-state index in [-0.39, 0.29) is 6.04 Å². The third-order valence-corrected chi connectivity index (χ3v) is 6.90. The van der Waals surface area contributed by atoms with E-state index in [2.05, 4.69) is 33.7 Å². The normalized spacial score (nSPS) is 16.0. The molecule has 1 unspecified atom stereocenters. The van der Waals surface area contributed by atoms with Gasteiger partial charge in [0.15, 0.2) is 5.11 Å². The van der Waals surface area contributed by atoms with Crippen LogP contribution in [0.25, 0.3) is 17.0 Å². The van der Waals surface area contributed by atoms with E-state index < -0.39 is 0 Å².